The molecule has 1 aromatic heterocycles. The average molecular weight is 388 g/mol. The summed E-state index contributed by atoms with van der Waals surface area (Å²) < 4.78 is 13.7. The first-order chi connectivity index (χ1) is 14.1. The summed E-state index contributed by atoms with van der Waals surface area (Å²) in [7, 11) is 1.54. The molecule has 0 radical (unpaired) electrons. The molecule has 0 N–H and O–H groups in total. The zero-order chi connectivity index (χ0) is 20.4. The summed E-state index contributed by atoms with van der Waals surface area (Å²) in [5.41, 5.74) is 3.12. The minimum absolute atomic E-state index is 0.349. The molecule has 0 saturated heterocycles. The number of ether oxygens (including phenoxy) is 2. The van der Waals surface area contributed by atoms with E-state index in [9.17, 15) is 4.79 Å². The van der Waals surface area contributed by atoms with Crippen LogP contribution in [-0.2, 0) is 23.4 Å². The fraction of sp³-hybridized carbons (Fsp3) is 0.250. The summed E-state index contributed by atoms with van der Waals surface area (Å²) in [4.78, 5) is 16.9. The van der Waals surface area contributed by atoms with Crippen molar-refractivity contribution in [1.29, 1.82) is 0 Å². The van der Waals surface area contributed by atoms with Crippen molar-refractivity contribution in [1.82, 2.24) is 9.55 Å². The van der Waals surface area contributed by atoms with E-state index in [1.165, 1.54) is 7.11 Å². The fourth-order valence-electron chi connectivity index (χ4n) is 4.12. The minimum atomic E-state index is -0.838. The molecule has 0 spiro atoms. The lowest BCUT2D eigenvalue weighted by Gasteiger charge is -2.32. The Labute approximate surface area is 170 Å². The largest absolute Gasteiger partial charge is 0.481 e. The van der Waals surface area contributed by atoms with Crippen LogP contribution in [0.5, 0.6) is 5.88 Å². The molecule has 5 nitrogen and oxygen atoms in total. The van der Waals surface area contributed by atoms with E-state index < -0.39 is 5.60 Å². The van der Waals surface area contributed by atoms with Gasteiger partial charge in [-0.2, -0.15) is 4.98 Å². The van der Waals surface area contributed by atoms with Crippen molar-refractivity contribution in [3.05, 3.63) is 100 Å². The van der Waals surface area contributed by atoms with Gasteiger partial charge in [0.25, 0.3) is 0 Å². The second-order valence-electron chi connectivity index (χ2n) is 7.13. The van der Waals surface area contributed by atoms with Crippen molar-refractivity contribution in [2.45, 2.75) is 32.0 Å². The normalized spacial score (nSPS) is 17.9. The molecule has 5 heteroatoms. The number of fused-ring (bicyclic) bond motifs is 1. The Morgan fingerprint density at radius 3 is 2.38 bits per heavy atom. The second-order valence-corrected chi connectivity index (χ2v) is 7.13. The molecule has 0 bridgehead atoms. The number of methoxy groups -OCH3 is 1. The third-order valence-electron chi connectivity index (χ3n) is 5.42. The topological polar surface area (TPSA) is 53.4 Å². The maximum Gasteiger partial charge on any atom is 0.355 e. The molecule has 1 atom stereocenters. The van der Waals surface area contributed by atoms with Gasteiger partial charge >= 0.3 is 5.69 Å². The highest BCUT2D eigenvalue weighted by Crippen LogP contribution is 2.48. The first kappa shape index (κ1) is 19.2. The molecule has 1 aliphatic heterocycles. The molecule has 0 aliphatic carbocycles. The lowest BCUT2D eigenvalue weighted by atomic mass is 9.86. The predicted octanol–water partition coefficient (Wildman–Crippen LogP) is 4.15. The minimum Gasteiger partial charge on any atom is -0.481 e. The number of hydrogen-bond acceptors (Lipinski definition) is 4. The molecule has 4 rings (SSSR count). The Kier molecular flexibility index (Phi) is 5.07. The van der Waals surface area contributed by atoms with Gasteiger partial charge in [0, 0.05) is 17.7 Å². The monoisotopic (exact) mass is 388 g/mol. The second kappa shape index (κ2) is 7.68. The Morgan fingerprint density at radius 2 is 1.76 bits per heavy atom. The summed E-state index contributed by atoms with van der Waals surface area (Å²) >= 11 is 0. The summed E-state index contributed by atoms with van der Waals surface area (Å²) in [6, 6.07) is 20.0. The van der Waals surface area contributed by atoms with Gasteiger partial charge in [-0.1, -0.05) is 74.2 Å². The van der Waals surface area contributed by atoms with Crippen LogP contribution in [0.15, 0.2) is 72.0 Å². The van der Waals surface area contributed by atoms with Gasteiger partial charge in [0.1, 0.15) is 5.60 Å². The van der Waals surface area contributed by atoms with Gasteiger partial charge in [0.2, 0.25) is 5.88 Å². The molecule has 0 fully saturated rings. The maximum atomic E-state index is 12.8. The SMILES string of the molecule is C=C1C[C@@](OCc2ccccc2)(c2ccccc2)c2c(CC)c(OC)nc(=O)n21. The highest BCUT2D eigenvalue weighted by molar-refractivity contribution is 5.59. The molecule has 148 valence electrons. The third kappa shape index (κ3) is 3.17. The van der Waals surface area contributed by atoms with Gasteiger partial charge in [0.15, 0.2) is 0 Å². The number of rotatable bonds is 6. The molecule has 29 heavy (non-hydrogen) atoms. The van der Waals surface area contributed by atoms with E-state index in [0.717, 1.165) is 22.4 Å². The Bertz CT molecular complexity index is 1090. The molecular formula is C24H24N2O3. The highest BCUT2D eigenvalue weighted by Gasteiger charge is 2.47. The number of nitrogens with zero attached hydrogens (tertiary/aromatic N) is 2. The van der Waals surface area contributed by atoms with Crippen LogP contribution in [0.1, 0.15) is 35.7 Å². The Hall–Kier alpha value is -3.18. The third-order valence-corrected chi connectivity index (χ3v) is 5.42. The van der Waals surface area contributed by atoms with Crippen LogP contribution < -0.4 is 10.4 Å². The molecule has 2 heterocycles. The van der Waals surface area contributed by atoms with Crippen molar-refractivity contribution < 1.29 is 9.47 Å². The Balaban J connectivity index is 1.95. The van der Waals surface area contributed by atoms with E-state index in [0.29, 0.717) is 31.0 Å². The summed E-state index contributed by atoms with van der Waals surface area (Å²) in [5.74, 6) is 0.349. The van der Waals surface area contributed by atoms with E-state index >= 15 is 0 Å². The molecule has 1 aliphatic rings. The van der Waals surface area contributed by atoms with E-state index in [2.05, 4.69) is 11.6 Å². The first-order valence-corrected chi connectivity index (χ1v) is 9.72. The maximum absolute atomic E-state index is 12.8. The van der Waals surface area contributed by atoms with Crippen molar-refractivity contribution in [3.63, 3.8) is 0 Å². The van der Waals surface area contributed by atoms with E-state index in [1.807, 2.05) is 67.6 Å². The standard InChI is InChI=1S/C24H24N2O3/c1-4-20-21-24(19-13-9-6-10-14-19,29-16-18-11-7-5-8-12-18)15-17(2)26(21)23(27)25-22(20)28-3/h5-14H,2,4,15-16H2,1,3H3/t24-/m1/s1. The van der Waals surface area contributed by atoms with Crippen LogP contribution in [0.2, 0.25) is 0 Å². The molecule has 0 unspecified atom stereocenters. The zero-order valence-corrected chi connectivity index (χ0v) is 16.7. The lowest BCUT2D eigenvalue weighted by molar-refractivity contribution is -0.0251. The quantitative estimate of drug-likeness (QED) is 0.637. The van der Waals surface area contributed by atoms with Crippen molar-refractivity contribution in [2.24, 2.45) is 0 Å². The molecule has 0 amide bonds. The smallest absolute Gasteiger partial charge is 0.355 e. The van der Waals surface area contributed by atoms with Gasteiger partial charge in [0.05, 0.1) is 19.4 Å². The lowest BCUT2D eigenvalue weighted by Crippen LogP contribution is -2.33. The van der Waals surface area contributed by atoms with Gasteiger partial charge < -0.3 is 9.47 Å². The van der Waals surface area contributed by atoms with Crippen molar-refractivity contribution in [3.8, 4) is 5.88 Å². The highest BCUT2D eigenvalue weighted by atomic mass is 16.5. The van der Waals surface area contributed by atoms with Crippen molar-refractivity contribution in [2.75, 3.05) is 7.11 Å². The van der Waals surface area contributed by atoms with Gasteiger partial charge in [-0.05, 0) is 17.5 Å². The van der Waals surface area contributed by atoms with Crippen LogP contribution in [0, 0.1) is 0 Å². The van der Waals surface area contributed by atoms with Gasteiger partial charge in [-0.25, -0.2) is 4.79 Å². The number of aromatic nitrogens is 2. The first-order valence-electron chi connectivity index (χ1n) is 9.72. The van der Waals surface area contributed by atoms with E-state index in [4.69, 9.17) is 9.47 Å². The van der Waals surface area contributed by atoms with Crippen LogP contribution >= 0.6 is 0 Å². The van der Waals surface area contributed by atoms with Crippen molar-refractivity contribution >= 4 is 5.70 Å². The van der Waals surface area contributed by atoms with E-state index in [-0.39, 0.29) is 5.69 Å². The van der Waals surface area contributed by atoms with Gasteiger partial charge in [-0.15, -0.1) is 0 Å². The van der Waals surface area contributed by atoms with Crippen LogP contribution in [-0.4, -0.2) is 16.7 Å². The molecule has 3 aromatic rings. The Morgan fingerprint density at radius 1 is 1.10 bits per heavy atom. The molecule has 0 saturated carbocycles. The zero-order valence-electron chi connectivity index (χ0n) is 16.7. The van der Waals surface area contributed by atoms with Crippen LogP contribution in [0.4, 0.5) is 0 Å². The predicted molar refractivity (Wildman–Crippen MR) is 113 cm³/mol. The summed E-state index contributed by atoms with van der Waals surface area (Å²) in [5, 5.41) is 0. The van der Waals surface area contributed by atoms with Crippen LogP contribution in [0.3, 0.4) is 0 Å². The number of hydrogen-bond donors (Lipinski definition) is 0. The van der Waals surface area contributed by atoms with Crippen LogP contribution in [0.25, 0.3) is 5.70 Å². The molecular weight excluding hydrogens is 364 g/mol. The average Bonchev–Trinajstić information content (AvgIpc) is 3.07. The molecule has 2 aromatic carbocycles. The summed E-state index contributed by atoms with van der Waals surface area (Å²) in [6.07, 6.45) is 1.13. The fourth-order valence-corrected chi connectivity index (χ4v) is 4.12. The number of benzene rings is 2. The van der Waals surface area contributed by atoms with Gasteiger partial charge in [-0.3, -0.25) is 4.57 Å². The summed E-state index contributed by atoms with van der Waals surface area (Å²) in [6.45, 7) is 6.60. The van der Waals surface area contributed by atoms with E-state index in [1.54, 1.807) is 4.57 Å².